The van der Waals surface area contributed by atoms with Crippen molar-refractivity contribution in [3.05, 3.63) is 28.8 Å². The van der Waals surface area contributed by atoms with Crippen LogP contribution in [0.15, 0.2) is 12.1 Å². The Morgan fingerprint density at radius 2 is 2.00 bits per heavy atom. The number of fused-ring (bicyclic) bond motifs is 3. The molecule has 0 aromatic heterocycles. The van der Waals surface area contributed by atoms with Gasteiger partial charge in [-0.15, -0.1) is 0 Å². The molecule has 0 saturated heterocycles. The lowest BCUT2D eigenvalue weighted by Crippen LogP contribution is -2.35. The summed E-state index contributed by atoms with van der Waals surface area (Å²) in [5, 5.41) is 0. The average molecular weight is 319 g/mol. The first-order chi connectivity index (χ1) is 10.8. The molecule has 3 rings (SSSR count). The number of benzene rings is 1. The summed E-state index contributed by atoms with van der Waals surface area (Å²) in [7, 11) is 0. The molecule has 0 spiro atoms. The Morgan fingerprint density at radius 1 is 1.30 bits per heavy atom. The zero-order chi connectivity index (χ0) is 16.6. The standard InChI is InChI=1S/C18H25NO4/c1-18(2,3)10-13(23-17(19)20)16-14-11(6-8-22-16)4-5-12-7-9-21-15(12)14/h4-5,13,16H,6-10H2,1-3H3,(H2,19,20). The Morgan fingerprint density at radius 3 is 2.70 bits per heavy atom. The highest BCUT2D eigenvalue weighted by molar-refractivity contribution is 5.65. The maximum Gasteiger partial charge on any atom is 0.404 e. The van der Waals surface area contributed by atoms with Crippen molar-refractivity contribution < 1.29 is 19.0 Å². The van der Waals surface area contributed by atoms with Gasteiger partial charge in [0.25, 0.3) is 0 Å². The average Bonchev–Trinajstić information content (AvgIpc) is 2.92. The largest absolute Gasteiger partial charge is 0.493 e. The van der Waals surface area contributed by atoms with Gasteiger partial charge in [-0.2, -0.15) is 0 Å². The van der Waals surface area contributed by atoms with Crippen molar-refractivity contribution in [2.45, 2.75) is 52.2 Å². The van der Waals surface area contributed by atoms with Crippen LogP contribution in [0.1, 0.15) is 50.0 Å². The number of primary amides is 1. The Labute approximate surface area is 137 Å². The number of carbonyl (C=O) groups excluding carboxylic acids is 1. The van der Waals surface area contributed by atoms with Crippen LogP contribution in [0.4, 0.5) is 4.79 Å². The van der Waals surface area contributed by atoms with Crippen molar-refractivity contribution in [3.8, 4) is 5.75 Å². The zero-order valence-corrected chi connectivity index (χ0v) is 14.1. The molecular formula is C18H25NO4. The summed E-state index contributed by atoms with van der Waals surface area (Å²) in [6, 6.07) is 4.29. The quantitative estimate of drug-likeness (QED) is 0.929. The van der Waals surface area contributed by atoms with E-state index in [1.165, 1.54) is 11.1 Å². The van der Waals surface area contributed by atoms with E-state index in [1.807, 2.05) is 0 Å². The second kappa shape index (κ2) is 6.04. The van der Waals surface area contributed by atoms with Crippen LogP contribution < -0.4 is 10.5 Å². The van der Waals surface area contributed by atoms with Gasteiger partial charge >= 0.3 is 6.09 Å². The molecule has 23 heavy (non-hydrogen) atoms. The van der Waals surface area contributed by atoms with Gasteiger partial charge in [0.1, 0.15) is 18.0 Å². The maximum absolute atomic E-state index is 11.4. The first kappa shape index (κ1) is 16.1. The molecule has 5 nitrogen and oxygen atoms in total. The monoisotopic (exact) mass is 319 g/mol. The predicted molar refractivity (Wildman–Crippen MR) is 86.6 cm³/mol. The molecule has 2 unspecified atom stereocenters. The van der Waals surface area contributed by atoms with Crippen LogP contribution in [-0.2, 0) is 22.3 Å². The Kier molecular flexibility index (Phi) is 4.23. The van der Waals surface area contributed by atoms with E-state index in [2.05, 4.69) is 32.9 Å². The molecule has 126 valence electrons. The first-order valence-electron chi connectivity index (χ1n) is 8.20. The van der Waals surface area contributed by atoms with Crippen molar-refractivity contribution in [1.82, 2.24) is 0 Å². The van der Waals surface area contributed by atoms with Gasteiger partial charge in [-0.05, 0) is 29.4 Å². The number of nitrogens with two attached hydrogens (primary N) is 1. The van der Waals surface area contributed by atoms with Crippen molar-refractivity contribution in [2.75, 3.05) is 13.2 Å². The topological polar surface area (TPSA) is 70.8 Å². The van der Waals surface area contributed by atoms with E-state index >= 15 is 0 Å². The fraction of sp³-hybridized carbons (Fsp3) is 0.611. The molecule has 0 fully saturated rings. The number of carbonyl (C=O) groups is 1. The van der Waals surface area contributed by atoms with Crippen LogP contribution in [0.3, 0.4) is 0 Å². The molecule has 2 N–H and O–H groups in total. The van der Waals surface area contributed by atoms with Crippen LogP contribution in [0.25, 0.3) is 0 Å². The van der Waals surface area contributed by atoms with E-state index in [1.54, 1.807) is 0 Å². The van der Waals surface area contributed by atoms with E-state index in [-0.39, 0.29) is 11.5 Å². The van der Waals surface area contributed by atoms with Gasteiger partial charge in [0, 0.05) is 12.0 Å². The summed E-state index contributed by atoms with van der Waals surface area (Å²) in [5.41, 5.74) is 8.75. The molecule has 0 radical (unpaired) electrons. The van der Waals surface area contributed by atoms with E-state index in [0.29, 0.717) is 19.6 Å². The van der Waals surface area contributed by atoms with Gasteiger partial charge in [-0.25, -0.2) is 4.79 Å². The number of rotatable bonds is 3. The Bertz CT molecular complexity index is 606. The Hall–Kier alpha value is -1.75. The minimum absolute atomic E-state index is 0.0140. The lowest BCUT2D eigenvalue weighted by Gasteiger charge is -2.35. The van der Waals surface area contributed by atoms with Crippen LogP contribution in [0.5, 0.6) is 5.75 Å². The van der Waals surface area contributed by atoms with Gasteiger partial charge in [0.15, 0.2) is 0 Å². The van der Waals surface area contributed by atoms with Crippen LogP contribution in [0.2, 0.25) is 0 Å². The van der Waals surface area contributed by atoms with Crippen LogP contribution in [0, 0.1) is 5.41 Å². The lowest BCUT2D eigenvalue weighted by atomic mass is 9.83. The number of ether oxygens (including phenoxy) is 3. The minimum atomic E-state index is -0.761. The van der Waals surface area contributed by atoms with Gasteiger partial charge in [-0.1, -0.05) is 32.9 Å². The molecule has 0 aliphatic carbocycles. The fourth-order valence-corrected chi connectivity index (χ4v) is 3.48. The van der Waals surface area contributed by atoms with Crippen LogP contribution >= 0.6 is 0 Å². The highest BCUT2D eigenvalue weighted by Crippen LogP contribution is 2.44. The van der Waals surface area contributed by atoms with Crippen LogP contribution in [-0.4, -0.2) is 25.4 Å². The smallest absolute Gasteiger partial charge is 0.404 e. The number of hydrogen-bond donors (Lipinski definition) is 1. The number of hydrogen-bond acceptors (Lipinski definition) is 4. The zero-order valence-electron chi connectivity index (χ0n) is 14.1. The third-order valence-electron chi connectivity index (χ3n) is 4.36. The third kappa shape index (κ3) is 3.44. The molecular weight excluding hydrogens is 294 g/mol. The summed E-state index contributed by atoms with van der Waals surface area (Å²) in [5.74, 6) is 0.916. The third-order valence-corrected chi connectivity index (χ3v) is 4.36. The molecule has 1 amide bonds. The minimum Gasteiger partial charge on any atom is -0.493 e. The summed E-state index contributed by atoms with van der Waals surface area (Å²) in [6.07, 6.45) is 0.935. The van der Waals surface area contributed by atoms with Gasteiger partial charge in [0.05, 0.1) is 13.2 Å². The van der Waals surface area contributed by atoms with E-state index in [9.17, 15) is 4.79 Å². The van der Waals surface area contributed by atoms with Crippen molar-refractivity contribution >= 4 is 6.09 Å². The van der Waals surface area contributed by atoms with Crippen molar-refractivity contribution in [3.63, 3.8) is 0 Å². The number of amides is 1. The van der Waals surface area contributed by atoms with Crippen molar-refractivity contribution in [1.29, 1.82) is 0 Å². The van der Waals surface area contributed by atoms with E-state index < -0.39 is 12.2 Å². The van der Waals surface area contributed by atoms with Gasteiger partial charge in [-0.3, -0.25) is 0 Å². The summed E-state index contributed by atoms with van der Waals surface area (Å²) in [6.45, 7) is 7.64. The molecule has 5 heteroatoms. The van der Waals surface area contributed by atoms with Gasteiger partial charge < -0.3 is 19.9 Å². The molecule has 0 saturated carbocycles. The SMILES string of the molecule is CC(C)(C)CC(OC(N)=O)C1OCCc2ccc3c(c21)OCC3. The molecule has 2 atom stereocenters. The highest BCUT2D eigenvalue weighted by Gasteiger charge is 2.37. The molecule has 1 aromatic carbocycles. The molecule has 0 bridgehead atoms. The summed E-state index contributed by atoms with van der Waals surface area (Å²) < 4.78 is 17.3. The molecule has 2 aliphatic rings. The Balaban J connectivity index is 1.99. The second-order valence-electron chi connectivity index (χ2n) is 7.51. The first-order valence-corrected chi connectivity index (χ1v) is 8.20. The van der Waals surface area contributed by atoms with Gasteiger partial charge in [0.2, 0.25) is 0 Å². The summed E-state index contributed by atoms with van der Waals surface area (Å²) >= 11 is 0. The fourth-order valence-electron chi connectivity index (χ4n) is 3.48. The molecule has 1 aromatic rings. The van der Waals surface area contributed by atoms with Crippen molar-refractivity contribution in [2.24, 2.45) is 11.1 Å². The maximum atomic E-state index is 11.4. The second-order valence-corrected chi connectivity index (χ2v) is 7.51. The predicted octanol–water partition coefficient (Wildman–Crippen LogP) is 3.14. The molecule has 2 aliphatic heterocycles. The summed E-state index contributed by atoms with van der Waals surface area (Å²) in [4.78, 5) is 11.4. The van der Waals surface area contributed by atoms with E-state index in [4.69, 9.17) is 19.9 Å². The van der Waals surface area contributed by atoms with E-state index in [0.717, 1.165) is 24.2 Å². The normalized spacial score (nSPS) is 21.1. The highest BCUT2D eigenvalue weighted by atomic mass is 16.6. The molecule has 2 heterocycles. The lowest BCUT2D eigenvalue weighted by molar-refractivity contribution is -0.0650.